The molecule has 0 saturated carbocycles. The van der Waals surface area contributed by atoms with Gasteiger partial charge in [0.05, 0.1) is 23.9 Å². The molecular formula is C18H28ClN7O2. The molecule has 10 heteroatoms. The number of hydrogen-bond donors (Lipinski definition) is 2. The number of aliphatic hydroxyl groups is 1. The van der Waals surface area contributed by atoms with Gasteiger partial charge in [-0.1, -0.05) is 11.6 Å². The summed E-state index contributed by atoms with van der Waals surface area (Å²) in [7, 11) is 4.08. The minimum Gasteiger partial charge on any atom is -0.391 e. The van der Waals surface area contributed by atoms with E-state index >= 15 is 0 Å². The Bertz CT molecular complexity index is 771. The van der Waals surface area contributed by atoms with Crippen LogP contribution < -0.4 is 5.73 Å². The fraction of sp³-hybridized carbons (Fsp3) is 0.667. The number of nitrogen functional groups attached to an aromatic ring is 1. The van der Waals surface area contributed by atoms with E-state index in [0.29, 0.717) is 29.1 Å². The largest absolute Gasteiger partial charge is 0.391 e. The summed E-state index contributed by atoms with van der Waals surface area (Å²) in [5, 5.41) is 17.8. The minimum atomic E-state index is -0.186. The van der Waals surface area contributed by atoms with Gasteiger partial charge >= 0.3 is 0 Å². The third-order valence-corrected chi connectivity index (χ3v) is 5.38. The second kappa shape index (κ2) is 9.60. The topological polar surface area (TPSA) is 115 Å². The Morgan fingerprint density at radius 3 is 2.57 bits per heavy atom. The number of anilines is 1. The molecular weight excluding hydrogens is 382 g/mol. The van der Waals surface area contributed by atoms with Crippen LogP contribution in [0.5, 0.6) is 0 Å². The summed E-state index contributed by atoms with van der Waals surface area (Å²) >= 11 is 6.15. The number of likely N-dealkylation sites (tertiary alicyclic amines) is 1. The van der Waals surface area contributed by atoms with E-state index in [1.54, 1.807) is 0 Å². The molecule has 2 aromatic rings. The standard InChI is InChI=1S/C13H18ClN7.C5H10O2/c1-20-5-3-8(4-6-20)11-18-19-12(21(11)2)10-9(14)7-16-13(15)17-10;6-5-2-1-3-7-4-5/h7-8H,3-6H2,1-2H3,(H2,15,16,17);5-6H,1-4H2. The Morgan fingerprint density at radius 1 is 1.21 bits per heavy atom. The predicted molar refractivity (Wildman–Crippen MR) is 107 cm³/mol. The first kappa shape index (κ1) is 20.9. The van der Waals surface area contributed by atoms with Crippen LogP contribution in [0.4, 0.5) is 5.95 Å². The van der Waals surface area contributed by atoms with Gasteiger partial charge in [-0.15, -0.1) is 10.2 Å². The maximum atomic E-state index is 8.78. The summed E-state index contributed by atoms with van der Waals surface area (Å²) in [5.74, 6) is 2.21. The fourth-order valence-electron chi connectivity index (χ4n) is 3.43. The van der Waals surface area contributed by atoms with Crippen LogP contribution >= 0.6 is 11.6 Å². The molecule has 0 aromatic carbocycles. The van der Waals surface area contributed by atoms with Crippen LogP contribution in [-0.2, 0) is 11.8 Å². The van der Waals surface area contributed by atoms with E-state index in [2.05, 4.69) is 32.1 Å². The first-order valence-corrected chi connectivity index (χ1v) is 9.95. The van der Waals surface area contributed by atoms with Crippen molar-refractivity contribution < 1.29 is 9.84 Å². The van der Waals surface area contributed by atoms with Gasteiger partial charge in [0.1, 0.15) is 11.5 Å². The Labute approximate surface area is 169 Å². The molecule has 1 unspecified atom stereocenters. The van der Waals surface area contributed by atoms with E-state index in [-0.39, 0.29) is 12.1 Å². The molecule has 28 heavy (non-hydrogen) atoms. The number of piperidine rings is 1. The lowest BCUT2D eigenvalue weighted by molar-refractivity contribution is -0.00535. The molecule has 9 nitrogen and oxygen atoms in total. The summed E-state index contributed by atoms with van der Waals surface area (Å²) in [6.07, 6.45) is 5.41. The molecule has 2 aromatic heterocycles. The number of nitrogens with two attached hydrogens (primary N) is 1. The zero-order valence-electron chi connectivity index (χ0n) is 16.4. The van der Waals surface area contributed by atoms with Crippen molar-refractivity contribution in [2.24, 2.45) is 7.05 Å². The van der Waals surface area contributed by atoms with Crippen molar-refractivity contribution in [1.82, 2.24) is 29.6 Å². The van der Waals surface area contributed by atoms with Crippen LogP contribution in [0.3, 0.4) is 0 Å². The molecule has 0 radical (unpaired) electrons. The highest BCUT2D eigenvalue weighted by Gasteiger charge is 2.25. The van der Waals surface area contributed by atoms with Gasteiger partial charge in [0.25, 0.3) is 0 Å². The first-order valence-electron chi connectivity index (χ1n) is 9.57. The summed E-state index contributed by atoms with van der Waals surface area (Å²) in [6, 6.07) is 0. The van der Waals surface area contributed by atoms with Crippen molar-refractivity contribution in [3.05, 3.63) is 17.0 Å². The number of rotatable bonds is 2. The van der Waals surface area contributed by atoms with Gasteiger partial charge in [0, 0.05) is 19.6 Å². The highest BCUT2D eigenvalue weighted by Crippen LogP contribution is 2.30. The van der Waals surface area contributed by atoms with Gasteiger partial charge in [-0.2, -0.15) is 0 Å². The molecule has 0 aliphatic carbocycles. The average molecular weight is 410 g/mol. The van der Waals surface area contributed by atoms with Crippen LogP contribution in [0.25, 0.3) is 11.5 Å². The van der Waals surface area contributed by atoms with Crippen LogP contribution in [0.15, 0.2) is 6.20 Å². The molecule has 0 bridgehead atoms. The zero-order valence-corrected chi connectivity index (χ0v) is 17.1. The number of aromatic nitrogens is 5. The minimum absolute atomic E-state index is 0.179. The molecule has 4 heterocycles. The van der Waals surface area contributed by atoms with E-state index < -0.39 is 0 Å². The highest BCUT2D eigenvalue weighted by molar-refractivity contribution is 6.32. The molecule has 2 aliphatic rings. The van der Waals surface area contributed by atoms with Crippen LogP contribution in [-0.4, -0.2) is 74.2 Å². The third-order valence-electron chi connectivity index (χ3n) is 5.10. The quantitative estimate of drug-likeness (QED) is 0.766. The Kier molecular flexibility index (Phi) is 7.17. The highest BCUT2D eigenvalue weighted by atomic mass is 35.5. The number of ether oxygens (including phenoxy) is 1. The lowest BCUT2D eigenvalue weighted by Crippen LogP contribution is -2.30. The van der Waals surface area contributed by atoms with Gasteiger partial charge < -0.3 is 25.0 Å². The molecule has 3 N–H and O–H groups in total. The summed E-state index contributed by atoms with van der Waals surface area (Å²) in [6.45, 7) is 3.53. The van der Waals surface area contributed by atoms with E-state index in [1.807, 2.05) is 11.6 Å². The van der Waals surface area contributed by atoms with Gasteiger partial charge in [0.2, 0.25) is 5.95 Å². The van der Waals surface area contributed by atoms with E-state index in [0.717, 1.165) is 51.2 Å². The predicted octanol–water partition coefficient (Wildman–Crippen LogP) is 1.47. The normalized spacial score (nSPS) is 21.2. The van der Waals surface area contributed by atoms with Crippen molar-refractivity contribution in [2.45, 2.75) is 37.7 Å². The Morgan fingerprint density at radius 2 is 1.96 bits per heavy atom. The van der Waals surface area contributed by atoms with Crippen molar-refractivity contribution >= 4 is 17.5 Å². The van der Waals surface area contributed by atoms with Crippen molar-refractivity contribution in [3.8, 4) is 11.5 Å². The first-order chi connectivity index (χ1) is 13.5. The molecule has 154 valence electrons. The molecule has 0 amide bonds. The molecule has 4 rings (SSSR count). The second-order valence-corrected chi connectivity index (χ2v) is 7.72. The van der Waals surface area contributed by atoms with Crippen molar-refractivity contribution in [3.63, 3.8) is 0 Å². The van der Waals surface area contributed by atoms with Crippen LogP contribution in [0.2, 0.25) is 5.02 Å². The molecule has 1 atom stereocenters. The van der Waals surface area contributed by atoms with E-state index in [1.165, 1.54) is 6.20 Å². The smallest absolute Gasteiger partial charge is 0.220 e. The van der Waals surface area contributed by atoms with Crippen LogP contribution in [0.1, 0.15) is 37.4 Å². The SMILES string of the molecule is CN1CCC(c2nnc(-c3nc(N)ncc3Cl)n2C)CC1.OC1CCCOC1. The second-order valence-electron chi connectivity index (χ2n) is 7.31. The van der Waals surface area contributed by atoms with Gasteiger partial charge in [0.15, 0.2) is 5.82 Å². The molecule has 2 saturated heterocycles. The lowest BCUT2D eigenvalue weighted by Gasteiger charge is -2.28. The monoisotopic (exact) mass is 409 g/mol. The van der Waals surface area contributed by atoms with E-state index in [4.69, 9.17) is 27.2 Å². The molecule has 2 aliphatic heterocycles. The molecule has 0 spiro atoms. The van der Waals surface area contributed by atoms with Crippen molar-refractivity contribution in [1.29, 1.82) is 0 Å². The Hall–Kier alpha value is -1.81. The lowest BCUT2D eigenvalue weighted by atomic mass is 9.96. The fourth-order valence-corrected chi connectivity index (χ4v) is 3.61. The maximum absolute atomic E-state index is 8.78. The summed E-state index contributed by atoms with van der Waals surface area (Å²) in [5.41, 5.74) is 6.16. The maximum Gasteiger partial charge on any atom is 0.220 e. The van der Waals surface area contributed by atoms with Crippen LogP contribution in [0, 0.1) is 0 Å². The number of aliphatic hydroxyl groups excluding tert-OH is 1. The van der Waals surface area contributed by atoms with Gasteiger partial charge in [-0.25, -0.2) is 9.97 Å². The molecule has 2 fully saturated rings. The number of nitrogens with zero attached hydrogens (tertiary/aromatic N) is 6. The summed E-state index contributed by atoms with van der Waals surface area (Å²) in [4.78, 5) is 10.4. The Balaban J connectivity index is 0.000000271. The van der Waals surface area contributed by atoms with Gasteiger partial charge in [-0.3, -0.25) is 0 Å². The van der Waals surface area contributed by atoms with Crippen molar-refractivity contribution in [2.75, 3.05) is 39.1 Å². The third kappa shape index (κ3) is 5.16. The summed E-state index contributed by atoms with van der Waals surface area (Å²) < 4.78 is 6.89. The van der Waals surface area contributed by atoms with E-state index in [9.17, 15) is 0 Å². The van der Waals surface area contributed by atoms with Gasteiger partial charge in [-0.05, 0) is 45.8 Å². The number of halogens is 1. The number of hydrogen-bond acceptors (Lipinski definition) is 8. The zero-order chi connectivity index (χ0) is 20.1. The average Bonchev–Trinajstić information content (AvgIpc) is 3.07.